The Kier molecular flexibility index (Phi) is 4.59. The number of hydrogen-bond acceptors (Lipinski definition) is 1. The molecule has 0 aliphatic carbocycles. The molecule has 1 saturated heterocycles. The molecule has 18 heavy (non-hydrogen) atoms. The van der Waals surface area contributed by atoms with Crippen LogP contribution in [-0.4, -0.2) is 23.1 Å². The Morgan fingerprint density at radius 1 is 1.39 bits per heavy atom. The van der Waals surface area contributed by atoms with Crippen LogP contribution in [0.3, 0.4) is 0 Å². The van der Waals surface area contributed by atoms with Crippen molar-refractivity contribution in [1.29, 1.82) is 0 Å². The first-order valence-electron chi connectivity index (χ1n) is 6.84. The van der Waals surface area contributed by atoms with Gasteiger partial charge in [0.15, 0.2) is 5.11 Å². The molecule has 0 spiro atoms. The molecule has 0 radical (unpaired) electrons. The van der Waals surface area contributed by atoms with Crippen molar-refractivity contribution >= 4 is 23.0 Å². The molecule has 1 aliphatic heterocycles. The maximum atomic E-state index is 5.48. The van der Waals surface area contributed by atoms with E-state index in [9.17, 15) is 0 Å². The Morgan fingerprint density at radius 3 is 2.72 bits per heavy atom. The van der Waals surface area contributed by atoms with E-state index in [4.69, 9.17) is 12.2 Å². The number of piperidine rings is 1. The lowest BCUT2D eigenvalue weighted by atomic mass is 10.0. The molecule has 1 aliphatic rings. The molecule has 1 aromatic carbocycles. The van der Waals surface area contributed by atoms with Gasteiger partial charge in [-0.1, -0.05) is 26.0 Å². The highest BCUT2D eigenvalue weighted by atomic mass is 32.1. The Hall–Kier alpha value is -1.09. The molecule has 98 valence electrons. The summed E-state index contributed by atoms with van der Waals surface area (Å²) in [5.74, 6) is 0.751. The van der Waals surface area contributed by atoms with Crippen molar-refractivity contribution in [2.45, 2.75) is 33.1 Å². The average Bonchev–Trinajstić information content (AvgIpc) is 2.39. The smallest absolute Gasteiger partial charge is 0.173 e. The van der Waals surface area contributed by atoms with E-state index < -0.39 is 0 Å². The molecular weight excluding hydrogens is 240 g/mol. The van der Waals surface area contributed by atoms with Gasteiger partial charge in [-0.15, -0.1) is 0 Å². The van der Waals surface area contributed by atoms with E-state index in [1.165, 1.54) is 18.4 Å². The zero-order valence-electron chi connectivity index (χ0n) is 11.3. The van der Waals surface area contributed by atoms with Crippen LogP contribution >= 0.6 is 12.2 Å². The Morgan fingerprint density at radius 2 is 2.11 bits per heavy atom. The van der Waals surface area contributed by atoms with Crippen molar-refractivity contribution in [1.82, 2.24) is 4.90 Å². The summed E-state index contributed by atoms with van der Waals surface area (Å²) in [6.07, 6.45) is 3.65. The third kappa shape index (κ3) is 3.45. The van der Waals surface area contributed by atoms with Gasteiger partial charge in [0.25, 0.3) is 0 Å². The van der Waals surface area contributed by atoms with Gasteiger partial charge in [-0.3, -0.25) is 0 Å². The molecule has 1 fully saturated rings. The standard InChI is InChI=1S/C15H22N2S/c1-3-13-6-8-14(9-7-13)16-15(18)17-10-4-5-12(2)11-17/h6-9,12H,3-5,10-11H2,1-2H3,(H,16,18). The molecule has 0 amide bonds. The lowest BCUT2D eigenvalue weighted by Crippen LogP contribution is -2.41. The minimum absolute atomic E-state index is 0.751. The summed E-state index contributed by atoms with van der Waals surface area (Å²) >= 11 is 5.48. The fourth-order valence-electron chi connectivity index (χ4n) is 2.40. The van der Waals surface area contributed by atoms with E-state index in [0.29, 0.717) is 0 Å². The average molecular weight is 262 g/mol. The van der Waals surface area contributed by atoms with Gasteiger partial charge in [0.1, 0.15) is 0 Å². The summed E-state index contributed by atoms with van der Waals surface area (Å²) in [5, 5.41) is 4.21. The normalized spacial score (nSPS) is 19.7. The summed E-state index contributed by atoms with van der Waals surface area (Å²) < 4.78 is 0. The molecule has 0 bridgehead atoms. The third-order valence-corrected chi connectivity index (χ3v) is 3.92. The van der Waals surface area contributed by atoms with Crippen LogP contribution in [0.1, 0.15) is 32.3 Å². The van der Waals surface area contributed by atoms with Crippen molar-refractivity contribution < 1.29 is 0 Å². The van der Waals surface area contributed by atoms with E-state index in [-0.39, 0.29) is 0 Å². The lowest BCUT2D eigenvalue weighted by Gasteiger charge is -2.33. The fraction of sp³-hybridized carbons (Fsp3) is 0.533. The summed E-state index contributed by atoms with van der Waals surface area (Å²) in [5.41, 5.74) is 2.45. The highest BCUT2D eigenvalue weighted by Crippen LogP contribution is 2.17. The summed E-state index contributed by atoms with van der Waals surface area (Å²) in [4.78, 5) is 2.29. The number of likely N-dealkylation sites (tertiary alicyclic amines) is 1. The quantitative estimate of drug-likeness (QED) is 0.819. The van der Waals surface area contributed by atoms with E-state index in [1.54, 1.807) is 0 Å². The van der Waals surface area contributed by atoms with Crippen LogP contribution in [0.25, 0.3) is 0 Å². The van der Waals surface area contributed by atoms with Crippen molar-refractivity contribution in [2.24, 2.45) is 5.92 Å². The van der Waals surface area contributed by atoms with Gasteiger partial charge in [0.2, 0.25) is 0 Å². The first kappa shape index (κ1) is 13.3. The second-order valence-corrected chi connectivity index (χ2v) is 5.56. The number of hydrogen-bond donors (Lipinski definition) is 1. The van der Waals surface area contributed by atoms with E-state index in [1.807, 2.05) is 0 Å². The topological polar surface area (TPSA) is 15.3 Å². The molecule has 3 heteroatoms. The predicted molar refractivity (Wildman–Crippen MR) is 82.0 cm³/mol. The predicted octanol–water partition coefficient (Wildman–Crippen LogP) is 3.68. The summed E-state index contributed by atoms with van der Waals surface area (Å²) in [7, 11) is 0. The van der Waals surface area contributed by atoms with Crippen LogP contribution in [0, 0.1) is 5.92 Å². The molecule has 0 aromatic heterocycles. The van der Waals surface area contributed by atoms with Crippen molar-refractivity contribution in [2.75, 3.05) is 18.4 Å². The second-order valence-electron chi connectivity index (χ2n) is 5.17. The zero-order chi connectivity index (χ0) is 13.0. The van der Waals surface area contributed by atoms with Crippen molar-refractivity contribution in [3.8, 4) is 0 Å². The highest BCUT2D eigenvalue weighted by Gasteiger charge is 2.18. The minimum atomic E-state index is 0.751. The maximum absolute atomic E-state index is 5.48. The largest absolute Gasteiger partial charge is 0.349 e. The Bertz CT molecular complexity index is 399. The van der Waals surface area contributed by atoms with Gasteiger partial charge in [0.05, 0.1) is 0 Å². The second kappa shape index (κ2) is 6.19. The first-order valence-corrected chi connectivity index (χ1v) is 7.24. The maximum Gasteiger partial charge on any atom is 0.173 e. The van der Waals surface area contributed by atoms with Gasteiger partial charge in [-0.05, 0) is 55.1 Å². The SMILES string of the molecule is CCc1ccc(NC(=S)N2CCCC(C)C2)cc1. The van der Waals surface area contributed by atoms with E-state index in [0.717, 1.165) is 36.2 Å². The molecule has 2 rings (SSSR count). The van der Waals surface area contributed by atoms with Gasteiger partial charge < -0.3 is 10.2 Å². The van der Waals surface area contributed by atoms with Crippen LogP contribution in [0.5, 0.6) is 0 Å². The summed E-state index contributed by atoms with van der Waals surface area (Å²) in [6.45, 7) is 6.63. The van der Waals surface area contributed by atoms with Crippen LogP contribution in [0.15, 0.2) is 24.3 Å². The first-order chi connectivity index (χ1) is 8.69. The van der Waals surface area contributed by atoms with Crippen LogP contribution in [0.4, 0.5) is 5.69 Å². The third-order valence-electron chi connectivity index (χ3n) is 3.56. The minimum Gasteiger partial charge on any atom is -0.349 e. The van der Waals surface area contributed by atoms with E-state index in [2.05, 4.69) is 48.3 Å². The van der Waals surface area contributed by atoms with Crippen molar-refractivity contribution in [3.05, 3.63) is 29.8 Å². The van der Waals surface area contributed by atoms with E-state index >= 15 is 0 Å². The van der Waals surface area contributed by atoms with Gasteiger partial charge in [-0.2, -0.15) is 0 Å². The van der Waals surface area contributed by atoms with Crippen LogP contribution in [0.2, 0.25) is 0 Å². The molecule has 1 aromatic rings. The Labute approximate surface area is 115 Å². The molecule has 2 nitrogen and oxygen atoms in total. The number of nitrogens with zero attached hydrogens (tertiary/aromatic N) is 1. The summed E-state index contributed by atoms with van der Waals surface area (Å²) in [6, 6.07) is 8.53. The monoisotopic (exact) mass is 262 g/mol. The molecule has 0 saturated carbocycles. The van der Waals surface area contributed by atoms with Crippen LogP contribution < -0.4 is 5.32 Å². The number of rotatable bonds is 2. The van der Waals surface area contributed by atoms with Crippen molar-refractivity contribution in [3.63, 3.8) is 0 Å². The fourth-order valence-corrected chi connectivity index (χ4v) is 2.68. The molecule has 1 atom stereocenters. The highest BCUT2D eigenvalue weighted by molar-refractivity contribution is 7.80. The van der Waals surface area contributed by atoms with Gasteiger partial charge in [0, 0.05) is 18.8 Å². The molecule has 1 unspecified atom stereocenters. The van der Waals surface area contributed by atoms with Gasteiger partial charge >= 0.3 is 0 Å². The number of benzene rings is 1. The molecule has 1 heterocycles. The number of nitrogens with one attached hydrogen (secondary N) is 1. The molecule has 1 N–H and O–H groups in total. The number of thiocarbonyl (C=S) groups is 1. The Balaban J connectivity index is 1.93. The lowest BCUT2D eigenvalue weighted by molar-refractivity contribution is 0.276. The van der Waals surface area contributed by atoms with Gasteiger partial charge in [-0.25, -0.2) is 0 Å². The number of anilines is 1. The van der Waals surface area contributed by atoms with Crippen LogP contribution in [-0.2, 0) is 6.42 Å². The number of aryl methyl sites for hydroxylation is 1. The molecular formula is C15H22N2S. The zero-order valence-corrected chi connectivity index (χ0v) is 12.1.